The molecule has 1 aromatic rings. The molecular formula is C19H31N5O. The number of nitrogens with one attached hydrogen (secondary N) is 3. The molecule has 6 nitrogen and oxygen atoms in total. The van der Waals surface area contributed by atoms with E-state index >= 15 is 0 Å². The molecule has 1 aliphatic heterocycles. The highest BCUT2D eigenvalue weighted by Gasteiger charge is 2.17. The number of hydroxylamine groups is 1. The van der Waals surface area contributed by atoms with Crippen LogP contribution in [0.1, 0.15) is 49.9 Å². The smallest absolute Gasteiger partial charge is 0.195 e. The van der Waals surface area contributed by atoms with Gasteiger partial charge < -0.3 is 16.4 Å². The van der Waals surface area contributed by atoms with Crippen LogP contribution in [0.25, 0.3) is 0 Å². The fourth-order valence-electron chi connectivity index (χ4n) is 2.56. The first-order valence-corrected chi connectivity index (χ1v) is 8.79. The van der Waals surface area contributed by atoms with Crippen molar-refractivity contribution in [1.82, 2.24) is 16.1 Å². The van der Waals surface area contributed by atoms with E-state index in [2.05, 4.69) is 59.2 Å². The highest BCUT2D eigenvalue weighted by atomic mass is 16.7. The van der Waals surface area contributed by atoms with Gasteiger partial charge in [-0.25, -0.2) is 10.5 Å². The minimum absolute atomic E-state index is 0.0639. The Balaban J connectivity index is 1.89. The average Bonchev–Trinajstić information content (AvgIpc) is 2.52. The molecular weight excluding hydrogens is 314 g/mol. The van der Waals surface area contributed by atoms with E-state index in [4.69, 9.17) is 10.6 Å². The summed E-state index contributed by atoms with van der Waals surface area (Å²) >= 11 is 0. The van der Waals surface area contributed by atoms with Gasteiger partial charge in [0.25, 0.3) is 0 Å². The Labute approximate surface area is 150 Å². The second kappa shape index (κ2) is 8.36. The van der Waals surface area contributed by atoms with Gasteiger partial charge in [0.05, 0.1) is 5.60 Å². The van der Waals surface area contributed by atoms with E-state index in [1.165, 1.54) is 16.7 Å². The minimum atomic E-state index is -0.176. The van der Waals surface area contributed by atoms with Crippen LogP contribution < -0.4 is 21.8 Å². The molecule has 2 rings (SSSR count). The summed E-state index contributed by atoms with van der Waals surface area (Å²) in [5.74, 6) is 1.33. The Morgan fingerprint density at radius 3 is 2.72 bits per heavy atom. The summed E-state index contributed by atoms with van der Waals surface area (Å²) in [7, 11) is 0. The van der Waals surface area contributed by atoms with Crippen molar-refractivity contribution in [1.29, 1.82) is 0 Å². The van der Waals surface area contributed by atoms with Gasteiger partial charge in [0.2, 0.25) is 0 Å². The molecule has 0 amide bonds. The zero-order chi connectivity index (χ0) is 18.4. The summed E-state index contributed by atoms with van der Waals surface area (Å²) in [4.78, 5) is 10.0. The fourth-order valence-corrected chi connectivity index (χ4v) is 2.56. The normalized spacial score (nSPS) is 17.6. The molecule has 0 saturated heterocycles. The lowest BCUT2D eigenvalue weighted by Gasteiger charge is -2.23. The first kappa shape index (κ1) is 19.3. The summed E-state index contributed by atoms with van der Waals surface area (Å²) < 4.78 is 0. The van der Waals surface area contributed by atoms with Crippen molar-refractivity contribution in [3.63, 3.8) is 0 Å². The number of aryl methyl sites for hydroxylation is 1. The van der Waals surface area contributed by atoms with E-state index in [0.717, 1.165) is 25.3 Å². The molecule has 0 radical (unpaired) electrons. The van der Waals surface area contributed by atoms with Gasteiger partial charge in [-0.2, -0.15) is 0 Å². The number of benzene rings is 1. The van der Waals surface area contributed by atoms with Crippen molar-refractivity contribution in [2.45, 2.75) is 52.7 Å². The average molecular weight is 345 g/mol. The summed E-state index contributed by atoms with van der Waals surface area (Å²) in [5.41, 5.74) is 12.5. The SMILES string of the molecule is Cc1cccc(C2C=C(NCCCNOC(C)(C)C)NC(N)=N2)c1C. The third-order valence-corrected chi connectivity index (χ3v) is 3.98. The van der Waals surface area contributed by atoms with Gasteiger partial charge in [-0.3, -0.25) is 4.84 Å². The number of hydrogen-bond donors (Lipinski definition) is 4. The van der Waals surface area contributed by atoms with Crippen LogP contribution in [0.15, 0.2) is 35.1 Å². The molecule has 6 heteroatoms. The van der Waals surface area contributed by atoms with E-state index in [-0.39, 0.29) is 11.6 Å². The zero-order valence-corrected chi connectivity index (χ0v) is 15.9. The predicted octanol–water partition coefficient (Wildman–Crippen LogP) is 2.40. The lowest BCUT2D eigenvalue weighted by atomic mass is 9.97. The Hall–Kier alpha value is -2.05. The topological polar surface area (TPSA) is 83.7 Å². The quantitative estimate of drug-likeness (QED) is 0.450. The number of nitrogens with zero attached hydrogens (tertiary/aromatic N) is 1. The van der Waals surface area contributed by atoms with Crippen LogP contribution >= 0.6 is 0 Å². The summed E-state index contributed by atoms with van der Waals surface area (Å²) in [6.07, 6.45) is 3.01. The van der Waals surface area contributed by atoms with Crippen molar-refractivity contribution >= 4 is 5.96 Å². The van der Waals surface area contributed by atoms with Crippen LogP contribution in [0.4, 0.5) is 0 Å². The van der Waals surface area contributed by atoms with E-state index in [0.29, 0.717) is 5.96 Å². The lowest BCUT2D eigenvalue weighted by molar-refractivity contribution is -0.0723. The molecule has 1 unspecified atom stereocenters. The van der Waals surface area contributed by atoms with Gasteiger partial charge in [-0.1, -0.05) is 18.2 Å². The van der Waals surface area contributed by atoms with Gasteiger partial charge in [0.1, 0.15) is 11.9 Å². The molecule has 0 aliphatic carbocycles. The number of hydrogen-bond acceptors (Lipinski definition) is 6. The molecule has 138 valence electrons. The maximum absolute atomic E-state index is 5.97. The Morgan fingerprint density at radius 2 is 2.00 bits per heavy atom. The number of rotatable bonds is 7. The Kier molecular flexibility index (Phi) is 6.45. The standard InChI is InChI=1S/C19H31N5O/c1-13-8-6-9-15(14(13)2)16-12-17(24-18(20)23-16)21-10-7-11-22-25-19(3,4)5/h6,8-9,12,16,21-22H,7,10-11H2,1-5H3,(H3,20,23,24). The fraction of sp³-hybridized carbons (Fsp3) is 0.526. The van der Waals surface area contributed by atoms with Gasteiger partial charge in [-0.05, 0) is 63.8 Å². The molecule has 25 heavy (non-hydrogen) atoms. The van der Waals surface area contributed by atoms with Gasteiger partial charge in [0, 0.05) is 13.1 Å². The minimum Gasteiger partial charge on any atom is -0.372 e. The summed E-state index contributed by atoms with van der Waals surface area (Å²) in [6.45, 7) is 11.9. The molecule has 1 atom stereocenters. The maximum atomic E-state index is 5.97. The lowest BCUT2D eigenvalue weighted by Crippen LogP contribution is -2.40. The van der Waals surface area contributed by atoms with Crippen molar-refractivity contribution in [2.75, 3.05) is 13.1 Å². The molecule has 0 fully saturated rings. The monoisotopic (exact) mass is 345 g/mol. The molecule has 0 saturated carbocycles. The third kappa shape index (κ3) is 6.07. The summed E-state index contributed by atoms with van der Waals surface area (Å²) in [6, 6.07) is 6.22. The predicted molar refractivity (Wildman–Crippen MR) is 103 cm³/mol. The highest BCUT2D eigenvalue weighted by molar-refractivity contribution is 5.81. The zero-order valence-electron chi connectivity index (χ0n) is 15.9. The van der Waals surface area contributed by atoms with Crippen LogP contribution in [0, 0.1) is 13.8 Å². The van der Waals surface area contributed by atoms with Gasteiger partial charge in [-0.15, -0.1) is 0 Å². The molecule has 1 aromatic carbocycles. The van der Waals surface area contributed by atoms with Crippen molar-refractivity contribution in [3.8, 4) is 0 Å². The molecule has 1 aliphatic rings. The molecule has 0 aromatic heterocycles. The third-order valence-electron chi connectivity index (χ3n) is 3.98. The van der Waals surface area contributed by atoms with Crippen molar-refractivity contribution < 1.29 is 4.84 Å². The molecule has 0 bridgehead atoms. The van der Waals surface area contributed by atoms with E-state index < -0.39 is 0 Å². The first-order valence-electron chi connectivity index (χ1n) is 8.79. The Bertz CT molecular complexity index is 646. The van der Waals surface area contributed by atoms with E-state index in [1.807, 2.05) is 20.8 Å². The number of nitrogens with two attached hydrogens (primary N) is 1. The second-order valence-electron chi connectivity index (χ2n) is 7.34. The molecule has 0 spiro atoms. The summed E-state index contributed by atoms with van der Waals surface area (Å²) in [5, 5.41) is 6.47. The largest absolute Gasteiger partial charge is 0.372 e. The number of aliphatic imine (C=N–C) groups is 1. The molecule has 1 heterocycles. The highest BCUT2D eigenvalue weighted by Crippen LogP contribution is 2.26. The van der Waals surface area contributed by atoms with Crippen LogP contribution in [-0.2, 0) is 4.84 Å². The second-order valence-corrected chi connectivity index (χ2v) is 7.34. The number of guanidine groups is 1. The van der Waals surface area contributed by atoms with Crippen LogP contribution in [-0.4, -0.2) is 24.7 Å². The maximum Gasteiger partial charge on any atom is 0.195 e. The van der Waals surface area contributed by atoms with E-state index in [1.54, 1.807) is 0 Å². The van der Waals surface area contributed by atoms with E-state index in [9.17, 15) is 0 Å². The van der Waals surface area contributed by atoms with Gasteiger partial charge in [0.15, 0.2) is 5.96 Å². The van der Waals surface area contributed by atoms with Crippen LogP contribution in [0.5, 0.6) is 0 Å². The van der Waals surface area contributed by atoms with Crippen molar-refractivity contribution in [3.05, 3.63) is 46.8 Å². The van der Waals surface area contributed by atoms with Crippen molar-refractivity contribution in [2.24, 2.45) is 10.7 Å². The first-order chi connectivity index (χ1) is 11.8. The van der Waals surface area contributed by atoms with Crippen LogP contribution in [0.2, 0.25) is 0 Å². The Morgan fingerprint density at radius 1 is 1.24 bits per heavy atom. The van der Waals surface area contributed by atoms with Gasteiger partial charge >= 0.3 is 0 Å². The van der Waals surface area contributed by atoms with Crippen LogP contribution in [0.3, 0.4) is 0 Å². The molecule has 5 N–H and O–H groups in total.